The predicted octanol–water partition coefficient (Wildman–Crippen LogP) is 4.03. The van der Waals surface area contributed by atoms with Gasteiger partial charge >= 0.3 is 18.3 Å². The maximum atomic E-state index is 12.9. The van der Waals surface area contributed by atoms with E-state index in [-0.39, 0.29) is 6.08 Å². The fourth-order valence-electron chi connectivity index (χ4n) is 0.813. The predicted molar refractivity (Wildman–Crippen MR) is 35.7 cm³/mol. The molecule has 0 aromatic heterocycles. The van der Waals surface area contributed by atoms with Crippen LogP contribution >= 0.6 is 0 Å². The first-order chi connectivity index (χ1) is 6.81. The molecule has 0 saturated heterocycles. The molecule has 0 aliphatic heterocycles. The van der Waals surface area contributed by atoms with Crippen LogP contribution in [0, 0.1) is 0 Å². The van der Waals surface area contributed by atoms with Crippen LogP contribution in [0.2, 0.25) is 0 Å². The van der Waals surface area contributed by atoms with Gasteiger partial charge in [-0.25, -0.2) is 4.39 Å². The van der Waals surface area contributed by atoms with E-state index in [0.717, 1.165) is 0 Å². The summed E-state index contributed by atoms with van der Waals surface area (Å²) in [6.45, 7) is 0.687. The Morgan fingerprint density at radius 2 is 1.06 bits per heavy atom. The van der Waals surface area contributed by atoms with Crippen molar-refractivity contribution in [3.05, 3.63) is 12.2 Å². The Morgan fingerprint density at radius 3 is 1.25 bits per heavy atom. The number of halogens is 9. The van der Waals surface area contributed by atoms with Gasteiger partial charge in [-0.05, 0) is 13.0 Å². The van der Waals surface area contributed by atoms with Gasteiger partial charge in [0.05, 0.1) is 0 Å². The van der Waals surface area contributed by atoms with Crippen molar-refractivity contribution in [3.63, 3.8) is 0 Å². The molecule has 96 valence electrons. The number of allylic oxidation sites excluding steroid dienone is 2. The lowest BCUT2D eigenvalue weighted by Gasteiger charge is -2.33. The van der Waals surface area contributed by atoms with Gasteiger partial charge in [0.15, 0.2) is 0 Å². The second kappa shape index (κ2) is 3.85. The highest BCUT2D eigenvalue weighted by Gasteiger charge is 2.79. The number of rotatable bonds is 2. The van der Waals surface area contributed by atoms with Crippen LogP contribution in [0.5, 0.6) is 0 Å². The Bertz CT molecular complexity index is 271. The molecule has 0 aliphatic carbocycles. The summed E-state index contributed by atoms with van der Waals surface area (Å²) >= 11 is 0. The highest BCUT2D eigenvalue weighted by molar-refractivity contribution is 5.15. The summed E-state index contributed by atoms with van der Waals surface area (Å²) in [5, 5.41) is 0. The SMILES string of the molecule is C/C=C/C(F)(C(F)(F)F)C(F)(F)C(F)(F)F. The summed E-state index contributed by atoms with van der Waals surface area (Å²) < 4.78 is 108. The molecule has 0 spiro atoms. The van der Waals surface area contributed by atoms with Crippen LogP contribution < -0.4 is 0 Å². The molecule has 16 heavy (non-hydrogen) atoms. The molecule has 0 aromatic carbocycles. The summed E-state index contributed by atoms with van der Waals surface area (Å²) in [5.41, 5.74) is -5.77. The van der Waals surface area contributed by atoms with Gasteiger partial charge in [-0.15, -0.1) is 0 Å². The molecule has 1 unspecified atom stereocenters. The van der Waals surface area contributed by atoms with Crippen LogP contribution in [0.1, 0.15) is 6.92 Å². The molecule has 0 aliphatic rings. The first-order valence-electron chi connectivity index (χ1n) is 3.65. The van der Waals surface area contributed by atoms with E-state index in [2.05, 4.69) is 0 Å². The summed E-state index contributed by atoms with van der Waals surface area (Å²) in [7, 11) is 0. The van der Waals surface area contributed by atoms with Crippen molar-refractivity contribution in [2.45, 2.75) is 30.9 Å². The van der Waals surface area contributed by atoms with Gasteiger partial charge in [0.1, 0.15) is 0 Å². The third-order valence-corrected chi connectivity index (χ3v) is 1.62. The molecule has 0 fully saturated rings. The van der Waals surface area contributed by atoms with E-state index >= 15 is 0 Å². The Balaban J connectivity index is 5.74. The second-order valence-corrected chi connectivity index (χ2v) is 2.78. The first-order valence-corrected chi connectivity index (χ1v) is 3.65. The zero-order valence-corrected chi connectivity index (χ0v) is 7.56. The monoisotopic (exact) mass is 260 g/mol. The number of hydrogen-bond donors (Lipinski definition) is 0. The lowest BCUT2D eigenvalue weighted by molar-refractivity contribution is -0.369. The number of hydrogen-bond acceptors (Lipinski definition) is 0. The van der Waals surface area contributed by atoms with Gasteiger partial charge in [-0.3, -0.25) is 0 Å². The molecule has 0 rings (SSSR count). The van der Waals surface area contributed by atoms with E-state index in [1.54, 1.807) is 0 Å². The third kappa shape index (κ3) is 2.12. The molecule has 0 heterocycles. The quantitative estimate of drug-likeness (QED) is 0.519. The van der Waals surface area contributed by atoms with Gasteiger partial charge < -0.3 is 0 Å². The maximum Gasteiger partial charge on any atom is 0.457 e. The molecule has 9 heteroatoms. The van der Waals surface area contributed by atoms with Crippen molar-refractivity contribution in [3.8, 4) is 0 Å². The normalized spacial score (nSPS) is 18.9. The van der Waals surface area contributed by atoms with E-state index in [4.69, 9.17) is 0 Å². The smallest absolute Gasteiger partial charge is 0.222 e. The molecule has 0 saturated carbocycles. The largest absolute Gasteiger partial charge is 0.457 e. The highest BCUT2D eigenvalue weighted by Crippen LogP contribution is 2.53. The average molecular weight is 260 g/mol. The first kappa shape index (κ1) is 15.1. The highest BCUT2D eigenvalue weighted by atomic mass is 19.4. The molecule has 0 N–H and O–H groups in total. The molecular formula is C7H5F9. The lowest BCUT2D eigenvalue weighted by atomic mass is 9.95. The summed E-state index contributed by atoms with van der Waals surface area (Å²) in [5.74, 6) is -6.55. The van der Waals surface area contributed by atoms with Crippen molar-refractivity contribution in [1.82, 2.24) is 0 Å². The van der Waals surface area contributed by atoms with E-state index < -0.39 is 30.0 Å². The van der Waals surface area contributed by atoms with E-state index in [1.165, 1.54) is 0 Å². The second-order valence-electron chi connectivity index (χ2n) is 2.78. The van der Waals surface area contributed by atoms with Gasteiger partial charge in [0.2, 0.25) is 0 Å². The van der Waals surface area contributed by atoms with Gasteiger partial charge in [-0.2, -0.15) is 35.1 Å². The van der Waals surface area contributed by atoms with Gasteiger partial charge in [-0.1, -0.05) is 6.08 Å². The van der Waals surface area contributed by atoms with Crippen molar-refractivity contribution < 1.29 is 39.5 Å². The molecule has 0 nitrogen and oxygen atoms in total. The summed E-state index contributed by atoms with van der Waals surface area (Å²) in [6, 6.07) is 0. The Kier molecular flexibility index (Phi) is 3.63. The fourth-order valence-corrected chi connectivity index (χ4v) is 0.813. The lowest BCUT2D eigenvalue weighted by Crippen LogP contribution is -2.60. The Labute approximate surface area is 83.7 Å². The van der Waals surface area contributed by atoms with Gasteiger partial charge in [0.25, 0.3) is 5.67 Å². The zero-order chi connectivity index (χ0) is 13.4. The van der Waals surface area contributed by atoms with Crippen LogP contribution in [0.25, 0.3) is 0 Å². The minimum Gasteiger partial charge on any atom is -0.222 e. The molecule has 0 radical (unpaired) electrons. The third-order valence-electron chi connectivity index (χ3n) is 1.62. The Morgan fingerprint density at radius 1 is 0.688 bits per heavy atom. The van der Waals surface area contributed by atoms with Crippen molar-refractivity contribution >= 4 is 0 Å². The zero-order valence-electron chi connectivity index (χ0n) is 7.56. The van der Waals surface area contributed by atoms with E-state index in [1.807, 2.05) is 0 Å². The molecule has 0 bridgehead atoms. The van der Waals surface area contributed by atoms with Gasteiger partial charge in [0, 0.05) is 0 Å². The van der Waals surface area contributed by atoms with Crippen LogP contribution in [-0.4, -0.2) is 23.9 Å². The van der Waals surface area contributed by atoms with Crippen molar-refractivity contribution in [1.29, 1.82) is 0 Å². The van der Waals surface area contributed by atoms with Crippen molar-refractivity contribution in [2.75, 3.05) is 0 Å². The van der Waals surface area contributed by atoms with E-state index in [0.29, 0.717) is 6.92 Å². The minimum atomic E-state index is -6.64. The topological polar surface area (TPSA) is 0 Å². The van der Waals surface area contributed by atoms with Crippen molar-refractivity contribution in [2.24, 2.45) is 0 Å². The number of alkyl halides is 9. The van der Waals surface area contributed by atoms with E-state index in [9.17, 15) is 39.5 Å². The Hall–Kier alpha value is -0.890. The van der Waals surface area contributed by atoms with Crippen LogP contribution in [-0.2, 0) is 0 Å². The van der Waals surface area contributed by atoms with Crippen LogP contribution in [0.3, 0.4) is 0 Å². The molecule has 1 atom stereocenters. The average Bonchev–Trinajstić information content (AvgIpc) is 1.99. The van der Waals surface area contributed by atoms with Crippen LogP contribution in [0.15, 0.2) is 12.2 Å². The molecular weight excluding hydrogens is 255 g/mol. The molecule has 0 aromatic rings. The maximum absolute atomic E-state index is 12.9. The standard InChI is InChI=1S/C7H5F9/c1-2-3-4(8,6(11,12)13)5(9,10)7(14,15)16/h2-3H,1H3/b3-2+. The fraction of sp³-hybridized carbons (Fsp3) is 0.714. The molecule has 0 amide bonds. The van der Waals surface area contributed by atoms with Crippen LogP contribution in [0.4, 0.5) is 39.5 Å². The summed E-state index contributed by atoms with van der Waals surface area (Å²) in [4.78, 5) is 0. The summed E-state index contributed by atoms with van der Waals surface area (Å²) in [6.07, 6.45) is -13.7. The minimum absolute atomic E-state index is 0.132.